The summed E-state index contributed by atoms with van der Waals surface area (Å²) < 4.78 is 23.3. The Morgan fingerprint density at radius 3 is 1.88 bits per heavy atom. The fourth-order valence-corrected chi connectivity index (χ4v) is 13.9. The summed E-state index contributed by atoms with van der Waals surface area (Å²) in [6, 6.07) is 12.1. The Morgan fingerprint density at radius 1 is 0.670 bits per heavy atom. The third-order valence-corrected chi connectivity index (χ3v) is 19.7. The molecule has 2 fully saturated rings. The standard InChI is InChI=1S/C74H119N11O15/c1-17-48(8)67(83(14)73(95)65(46(4)5)81-72(94)66(47(6)7)82(12)13)60(97-15)41-62(89)85-33-22-26-57(85)68(98-16)50(10)58(86)40-55(38-51-23-19-18-20-24-51)70(92)78-42-52-27-29-56(30-28-52)79-71(93)53(25-21-32-77-74(75)96)39-59(87)64(45(2)3)80-61(88)43-99-35-36-100-44-63(90)84-34-31-54(37-49(84)9)69(91)76-11/h18-20,23-24,27-30,45-50,53-55,57,60,64-68H,17,21-22,25-26,31-44H2,1-16H3,(H,76,91)(H,78,92)(H,79,93)(H,80,88)(H,81,94)(H3,75,77,96)/t48-,49?,50-,53+,54?,55+,57-,60+,64-,65-,66-,67-,68+/m0/s1. The van der Waals surface area contributed by atoms with E-state index in [0.717, 1.165) is 5.56 Å². The molecule has 0 aromatic heterocycles. The Balaban J connectivity index is 1.39. The maximum Gasteiger partial charge on any atom is 0.312 e. The Labute approximate surface area is 593 Å². The molecule has 2 saturated heterocycles. The van der Waals surface area contributed by atoms with Crippen LogP contribution in [0.25, 0.3) is 0 Å². The van der Waals surface area contributed by atoms with Crippen LogP contribution in [-0.4, -0.2) is 221 Å². The molecule has 2 aliphatic rings. The Kier molecular flexibility index (Phi) is 36.4. The van der Waals surface area contributed by atoms with E-state index in [1.54, 1.807) is 73.8 Å². The number of nitrogens with zero attached hydrogens (tertiary/aromatic N) is 4. The molecule has 2 heterocycles. The van der Waals surface area contributed by atoms with Crippen LogP contribution in [-0.2, 0) is 79.9 Å². The first-order valence-corrected chi connectivity index (χ1v) is 35.7. The van der Waals surface area contributed by atoms with E-state index in [1.807, 2.05) is 97.8 Å². The number of carbonyl (C=O) groups is 11. The molecule has 10 amide bonds. The second kappa shape index (κ2) is 42.8. The molecule has 4 rings (SSSR count). The number of likely N-dealkylation sites (N-methyl/N-ethyl adjacent to an activating group) is 2. The van der Waals surface area contributed by atoms with Gasteiger partial charge in [0.25, 0.3) is 0 Å². The number of amides is 10. The van der Waals surface area contributed by atoms with Crippen LogP contribution < -0.4 is 37.6 Å². The first kappa shape index (κ1) is 85.0. The van der Waals surface area contributed by atoms with Crippen molar-refractivity contribution in [1.29, 1.82) is 0 Å². The first-order chi connectivity index (χ1) is 47.4. The van der Waals surface area contributed by atoms with Gasteiger partial charge in [0.05, 0.1) is 56.0 Å². The summed E-state index contributed by atoms with van der Waals surface area (Å²) >= 11 is 0. The third-order valence-electron chi connectivity index (χ3n) is 19.7. The first-order valence-electron chi connectivity index (χ1n) is 35.7. The average Bonchev–Trinajstić information content (AvgIpc) is 1.49. The zero-order chi connectivity index (χ0) is 74.5. The number of ketones is 2. The molecule has 26 nitrogen and oxygen atoms in total. The maximum absolute atomic E-state index is 14.7. The predicted molar refractivity (Wildman–Crippen MR) is 382 cm³/mol. The number of nitrogens with one attached hydrogen (secondary N) is 6. The Morgan fingerprint density at radius 2 is 1.31 bits per heavy atom. The zero-order valence-electron chi connectivity index (χ0n) is 62.4. The second-order valence-electron chi connectivity index (χ2n) is 28.4. The van der Waals surface area contributed by atoms with Gasteiger partial charge < -0.3 is 71.3 Å². The number of likely N-dealkylation sites (tertiary alicyclic amines) is 2. The SMILES string of the molecule is CC[C@H](C)[C@@H]([C@@H](CC(=O)N1CCC[C@H]1[C@H](OC)[C@@H](C)C(=O)C[C@@H](Cc1ccccc1)C(=O)NCc1ccc(NC(=O)[C@H](CCCNC(N)=O)CC(=O)[C@@H](NC(=O)COCCOCC(=O)N2CCC(C(=O)NC)CC2C)C(C)C)cc1)OC)N(C)C(=O)[C@@H](NC(=O)[C@H](C(C)C)N(C)C)C(C)C. The van der Waals surface area contributed by atoms with E-state index in [1.165, 1.54) is 14.2 Å². The van der Waals surface area contributed by atoms with Crippen LogP contribution >= 0.6 is 0 Å². The average molecular weight is 1400 g/mol. The molecule has 0 saturated carbocycles. The van der Waals surface area contributed by atoms with Crippen LogP contribution in [0.2, 0.25) is 0 Å². The predicted octanol–water partition coefficient (Wildman–Crippen LogP) is 5.28. The summed E-state index contributed by atoms with van der Waals surface area (Å²) in [5.41, 5.74) is 7.25. The molecule has 2 aromatic rings. The monoisotopic (exact) mass is 1400 g/mol. The molecule has 2 unspecified atom stereocenters. The van der Waals surface area contributed by atoms with Gasteiger partial charge in [-0.2, -0.15) is 0 Å². The summed E-state index contributed by atoms with van der Waals surface area (Å²) in [4.78, 5) is 156. The molecule has 8 N–H and O–H groups in total. The number of hydrogen-bond acceptors (Lipinski definition) is 16. The normalized spacial score (nSPS) is 18.5. The molecule has 2 aliphatic heterocycles. The fraction of sp³-hybridized carbons (Fsp3) is 0.689. The third kappa shape index (κ3) is 26.2. The lowest BCUT2D eigenvalue weighted by Gasteiger charge is -2.41. The van der Waals surface area contributed by atoms with E-state index in [-0.39, 0.29) is 154 Å². The molecule has 0 radical (unpaired) electrons. The van der Waals surface area contributed by atoms with Crippen LogP contribution in [0.15, 0.2) is 54.6 Å². The van der Waals surface area contributed by atoms with Crippen molar-refractivity contribution >= 4 is 70.5 Å². The van der Waals surface area contributed by atoms with E-state index in [4.69, 9.17) is 24.7 Å². The smallest absolute Gasteiger partial charge is 0.312 e. The molecule has 100 heavy (non-hydrogen) atoms. The van der Waals surface area contributed by atoms with Gasteiger partial charge in [-0.05, 0) is 113 Å². The summed E-state index contributed by atoms with van der Waals surface area (Å²) in [7, 11) is 10.0. The molecule has 0 aliphatic carbocycles. The van der Waals surface area contributed by atoms with Crippen molar-refractivity contribution in [3.63, 3.8) is 0 Å². The number of anilines is 1. The van der Waals surface area contributed by atoms with Gasteiger partial charge in [-0.15, -0.1) is 0 Å². The van der Waals surface area contributed by atoms with Crippen LogP contribution in [0, 0.1) is 47.3 Å². The number of ether oxygens (including phenoxy) is 4. The molecule has 0 bridgehead atoms. The van der Waals surface area contributed by atoms with E-state index in [2.05, 4.69) is 31.9 Å². The number of primary amides is 1. The number of piperidine rings is 1. The van der Waals surface area contributed by atoms with E-state index in [9.17, 15) is 52.7 Å². The zero-order valence-corrected chi connectivity index (χ0v) is 62.4. The van der Waals surface area contributed by atoms with Crippen molar-refractivity contribution in [2.45, 2.75) is 195 Å². The van der Waals surface area contributed by atoms with Gasteiger partial charge in [0, 0.05) is 103 Å². The highest BCUT2D eigenvalue weighted by atomic mass is 16.5. The highest BCUT2D eigenvalue weighted by Gasteiger charge is 2.44. The number of hydrogen-bond donors (Lipinski definition) is 7. The number of Topliss-reactive ketones (excluding diaryl/α,β-unsaturated/α-hetero) is 2. The topological polar surface area (TPSA) is 336 Å². The van der Waals surface area contributed by atoms with Gasteiger partial charge in [0.1, 0.15) is 25.0 Å². The summed E-state index contributed by atoms with van der Waals surface area (Å²) in [6.45, 7) is 19.5. The van der Waals surface area contributed by atoms with Crippen molar-refractivity contribution in [1.82, 2.24) is 46.2 Å². The van der Waals surface area contributed by atoms with Gasteiger partial charge in [0.15, 0.2) is 5.78 Å². The van der Waals surface area contributed by atoms with Gasteiger partial charge in [-0.1, -0.05) is 111 Å². The van der Waals surface area contributed by atoms with Crippen molar-refractivity contribution in [3.8, 4) is 0 Å². The van der Waals surface area contributed by atoms with Gasteiger partial charge >= 0.3 is 6.03 Å². The number of nitrogens with two attached hydrogens (primary N) is 1. The highest BCUT2D eigenvalue weighted by molar-refractivity contribution is 5.98. The maximum atomic E-state index is 14.7. The van der Waals surface area contributed by atoms with Crippen LogP contribution in [0.5, 0.6) is 0 Å². The van der Waals surface area contributed by atoms with Crippen LogP contribution in [0.3, 0.4) is 0 Å². The molecule has 0 spiro atoms. The lowest BCUT2D eigenvalue weighted by molar-refractivity contribution is -0.148. The minimum atomic E-state index is -0.965. The van der Waals surface area contributed by atoms with Crippen molar-refractivity contribution < 1.29 is 71.7 Å². The van der Waals surface area contributed by atoms with E-state index < -0.39 is 78.0 Å². The summed E-state index contributed by atoms with van der Waals surface area (Å²) in [5, 5.41) is 16.9. The molecule has 560 valence electrons. The lowest BCUT2D eigenvalue weighted by Crippen LogP contribution is -2.59. The largest absolute Gasteiger partial charge is 0.379 e. The highest BCUT2D eigenvalue weighted by Crippen LogP contribution is 2.32. The van der Waals surface area contributed by atoms with E-state index in [0.29, 0.717) is 62.9 Å². The van der Waals surface area contributed by atoms with Crippen molar-refractivity contribution in [2.24, 2.45) is 53.1 Å². The van der Waals surface area contributed by atoms with Crippen molar-refractivity contribution in [3.05, 3.63) is 65.7 Å². The molecule has 26 heteroatoms. The molecule has 2 aromatic carbocycles. The molecule has 13 atom stereocenters. The van der Waals surface area contributed by atoms with Gasteiger partial charge in [-0.3, -0.25) is 52.8 Å². The minimum Gasteiger partial charge on any atom is -0.379 e. The lowest BCUT2D eigenvalue weighted by atomic mass is 9.85. The number of carbonyl (C=O) groups excluding carboxylic acids is 11. The number of rotatable bonds is 43. The summed E-state index contributed by atoms with van der Waals surface area (Å²) in [6.07, 6.45) is 1.99. The Bertz CT molecular complexity index is 2960. The second-order valence-corrected chi connectivity index (χ2v) is 28.4. The quantitative estimate of drug-likeness (QED) is 0.0416. The van der Waals surface area contributed by atoms with Crippen molar-refractivity contribution in [2.75, 3.05) is 93.8 Å². The summed E-state index contributed by atoms with van der Waals surface area (Å²) in [5.74, 6) is -6.17. The van der Waals surface area contributed by atoms with Crippen LogP contribution in [0.1, 0.15) is 145 Å². The minimum absolute atomic E-state index is 0.00111. The Hall–Kier alpha value is -7.39. The fourth-order valence-electron chi connectivity index (χ4n) is 13.9. The number of methoxy groups -OCH3 is 2. The van der Waals surface area contributed by atoms with E-state index >= 15 is 0 Å². The number of urea groups is 1. The van der Waals surface area contributed by atoms with Crippen LogP contribution in [0.4, 0.5) is 10.5 Å². The molecular weight excluding hydrogens is 1280 g/mol. The molecular formula is C74H119N11O15. The van der Waals surface area contributed by atoms with Gasteiger partial charge in [-0.25, -0.2) is 4.79 Å². The number of benzene rings is 2. The van der Waals surface area contributed by atoms with Gasteiger partial charge in [0.2, 0.25) is 47.3 Å².